The SMILES string of the molecule is O=C(CC1(COc2ccc(F)cc2)CN(C(=O)Cn2nc3ccccc3n2)CCO1)N1CCCCC1. The third-order valence-electron chi connectivity index (χ3n) is 6.70. The van der Waals surface area contributed by atoms with Gasteiger partial charge >= 0.3 is 0 Å². The van der Waals surface area contributed by atoms with Crippen LogP contribution in [0.4, 0.5) is 4.39 Å². The summed E-state index contributed by atoms with van der Waals surface area (Å²) in [6.45, 7) is 2.39. The largest absolute Gasteiger partial charge is 0.490 e. The fourth-order valence-corrected chi connectivity index (χ4v) is 4.78. The summed E-state index contributed by atoms with van der Waals surface area (Å²) in [6.07, 6.45) is 3.20. The molecule has 9 nitrogen and oxygen atoms in total. The number of piperidine rings is 1. The van der Waals surface area contributed by atoms with E-state index in [1.54, 1.807) is 4.90 Å². The molecule has 2 aromatic carbocycles. The predicted molar refractivity (Wildman–Crippen MR) is 130 cm³/mol. The molecule has 10 heteroatoms. The molecular weight excluding hydrogens is 465 g/mol. The molecular formula is C26H30FN5O4. The summed E-state index contributed by atoms with van der Waals surface area (Å²) >= 11 is 0. The monoisotopic (exact) mass is 495 g/mol. The number of hydrogen-bond donors (Lipinski definition) is 0. The Bertz CT molecular complexity index is 1180. The molecule has 5 rings (SSSR count). The van der Waals surface area contributed by atoms with Crippen molar-refractivity contribution < 1.29 is 23.5 Å². The highest BCUT2D eigenvalue weighted by Gasteiger charge is 2.42. The van der Waals surface area contributed by atoms with E-state index in [1.165, 1.54) is 29.1 Å². The van der Waals surface area contributed by atoms with Crippen molar-refractivity contribution in [3.63, 3.8) is 0 Å². The lowest BCUT2D eigenvalue weighted by Gasteiger charge is -2.43. The first kappa shape index (κ1) is 24.2. The summed E-state index contributed by atoms with van der Waals surface area (Å²) in [4.78, 5) is 31.4. The van der Waals surface area contributed by atoms with E-state index in [1.807, 2.05) is 29.2 Å². The maximum atomic E-state index is 13.3. The predicted octanol–water partition coefficient (Wildman–Crippen LogP) is 2.65. The molecule has 2 amide bonds. The number of ether oxygens (including phenoxy) is 2. The van der Waals surface area contributed by atoms with Crippen molar-refractivity contribution in [2.75, 3.05) is 39.4 Å². The average Bonchev–Trinajstić information content (AvgIpc) is 3.31. The number of aromatic nitrogens is 3. The third kappa shape index (κ3) is 5.64. The van der Waals surface area contributed by atoms with Gasteiger partial charge in [-0.3, -0.25) is 9.59 Å². The van der Waals surface area contributed by atoms with E-state index in [0.29, 0.717) is 12.3 Å². The van der Waals surface area contributed by atoms with Crippen LogP contribution in [0.2, 0.25) is 0 Å². The fourth-order valence-electron chi connectivity index (χ4n) is 4.78. The number of rotatable bonds is 7. The lowest BCUT2D eigenvalue weighted by atomic mass is 9.96. The molecule has 1 atom stereocenters. The van der Waals surface area contributed by atoms with Crippen molar-refractivity contribution >= 4 is 22.8 Å². The molecule has 3 aromatic rings. The van der Waals surface area contributed by atoms with E-state index >= 15 is 0 Å². The fraction of sp³-hybridized carbons (Fsp3) is 0.462. The van der Waals surface area contributed by atoms with Gasteiger partial charge in [-0.25, -0.2) is 4.39 Å². The van der Waals surface area contributed by atoms with E-state index in [0.717, 1.165) is 43.4 Å². The maximum Gasteiger partial charge on any atom is 0.246 e. The van der Waals surface area contributed by atoms with Gasteiger partial charge in [0.2, 0.25) is 11.8 Å². The first-order valence-corrected chi connectivity index (χ1v) is 12.4. The summed E-state index contributed by atoms with van der Waals surface area (Å²) < 4.78 is 25.5. The van der Waals surface area contributed by atoms with Crippen molar-refractivity contribution in [2.45, 2.75) is 37.8 Å². The van der Waals surface area contributed by atoms with Crippen LogP contribution in [0.5, 0.6) is 5.75 Å². The second kappa shape index (κ2) is 10.6. The Labute approximate surface area is 208 Å². The lowest BCUT2D eigenvalue weighted by molar-refractivity contribution is -0.166. The van der Waals surface area contributed by atoms with Crippen molar-refractivity contribution in [3.05, 3.63) is 54.3 Å². The number of nitrogens with zero attached hydrogens (tertiary/aromatic N) is 5. The molecule has 190 valence electrons. The summed E-state index contributed by atoms with van der Waals surface area (Å²) in [7, 11) is 0. The smallest absolute Gasteiger partial charge is 0.246 e. The van der Waals surface area contributed by atoms with E-state index in [9.17, 15) is 14.0 Å². The molecule has 2 fully saturated rings. The Kier molecular flexibility index (Phi) is 7.13. The standard InChI is InChI=1S/C26H30FN5O4/c27-20-8-10-21(11-9-20)35-19-26(16-24(33)30-12-4-1-5-13-30)18-31(14-15-36-26)25(34)17-32-28-22-6-2-3-7-23(22)29-32/h2-3,6-11H,1,4-5,12-19H2. The number of likely N-dealkylation sites (tertiary alicyclic amines) is 1. The molecule has 2 aliphatic rings. The van der Waals surface area contributed by atoms with Gasteiger partial charge in [-0.05, 0) is 55.7 Å². The quantitative estimate of drug-likeness (QED) is 0.501. The zero-order valence-corrected chi connectivity index (χ0v) is 20.1. The Morgan fingerprint density at radius 3 is 2.31 bits per heavy atom. The van der Waals surface area contributed by atoms with Crippen molar-refractivity contribution in [1.82, 2.24) is 24.8 Å². The van der Waals surface area contributed by atoms with Crippen LogP contribution >= 0.6 is 0 Å². The highest BCUT2D eigenvalue weighted by Crippen LogP contribution is 2.27. The molecule has 0 saturated carbocycles. The Morgan fingerprint density at radius 2 is 1.61 bits per heavy atom. The molecule has 0 bridgehead atoms. The van der Waals surface area contributed by atoms with E-state index in [4.69, 9.17) is 9.47 Å². The van der Waals surface area contributed by atoms with Gasteiger partial charge < -0.3 is 19.3 Å². The van der Waals surface area contributed by atoms with Crippen LogP contribution < -0.4 is 4.74 Å². The van der Waals surface area contributed by atoms with E-state index in [2.05, 4.69) is 10.2 Å². The molecule has 36 heavy (non-hydrogen) atoms. The van der Waals surface area contributed by atoms with Crippen molar-refractivity contribution in [3.8, 4) is 5.75 Å². The molecule has 2 saturated heterocycles. The van der Waals surface area contributed by atoms with Crippen LogP contribution in [0, 0.1) is 5.82 Å². The third-order valence-corrected chi connectivity index (χ3v) is 6.70. The number of morpholine rings is 1. The number of amides is 2. The molecule has 3 heterocycles. The zero-order chi connectivity index (χ0) is 25.0. The molecule has 0 N–H and O–H groups in total. The molecule has 2 aliphatic heterocycles. The Hall–Kier alpha value is -3.53. The summed E-state index contributed by atoms with van der Waals surface area (Å²) in [6, 6.07) is 13.2. The number of hydrogen-bond acceptors (Lipinski definition) is 6. The number of carbonyl (C=O) groups is 2. The van der Waals surface area contributed by atoms with Crippen LogP contribution in [-0.4, -0.2) is 81.6 Å². The van der Waals surface area contributed by atoms with Gasteiger partial charge in [0.15, 0.2) is 0 Å². The Morgan fingerprint density at radius 1 is 0.917 bits per heavy atom. The number of carbonyl (C=O) groups excluding carboxylic acids is 2. The lowest BCUT2D eigenvalue weighted by Crippen LogP contribution is -2.59. The van der Waals surface area contributed by atoms with Gasteiger partial charge in [0.1, 0.15) is 41.4 Å². The van der Waals surface area contributed by atoms with Crippen LogP contribution in [-0.2, 0) is 20.9 Å². The number of fused-ring (bicyclic) bond motifs is 1. The molecule has 1 aromatic heterocycles. The van der Waals surface area contributed by atoms with Crippen LogP contribution in [0.3, 0.4) is 0 Å². The summed E-state index contributed by atoms with van der Waals surface area (Å²) in [5.74, 6) is -0.0505. The van der Waals surface area contributed by atoms with Crippen LogP contribution in [0.1, 0.15) is 25.7 Å². The van der Waals surface area contributed by atoms with Crippen LogP contribution in [0.15, 0.2) is 48.5 Å². The number of halogens is 1. The maximum absolute atomic E-state index is 13.3. The van der Waals surface area contributed by atoms with E-state index in [-0.39, 0.29) is 50.4 Å². The van der Waals surface area contributed by atoms with E-state index < -0.39 is 5.60 Å². The minimum Gasteiger partial charge on any atom is -0.490 e. The molecule has 1 unspecified atom stereocenters. The molecule has 0 radical (unpaired) electrons. The highest BCUT2D eigenvalue weighted by atomic mass is 19.1. The van der Waals surface area contributed by atoms with Crippen LogP contribution in [0.25, 0.3) is 11.0 Å². The van der Waals surface area contributed by atoms with Gasteiger partial charge in [0.25, 0.3) is 0 Å². The summed E-state index contributed by atoms with van der Waals surface area (Å²) in [5, 5.41) is 8.77. The Balaban J connectivity index is 1.31. The van der Waals surface area contributed by atoms with Gasteiger partial charge in [-0.15, -0.1) is 0 Å². The van der Waals surface area contributed by atoms with Gasteiger partial charge in [-0.2, -0.15) is 15.0 Å². The molecule has 0 aliphatic carbocycles. The second-order valence-corrected chi connectivity index (χ2v) is 9.43. The highest BCUT2D eigenvalue weighted by molar-refractivity contribution is 5.79. The molecule has 0 spiro atoms. The first-order valence-electron chi connectivity index (χ1n) is 12.4. The number of benzene rings is 2. The second-order valence-electron chi connectivity index (χ2n) is 9.43. The normalized spacial score (nSPS) is 20.5. The van der Waals surface area contributed by atoms with Gasteiger partial charge in [0.05, 0.1) is 19.6 Å². The van der Waals surface area contributed by atoms with Gasteiger partial charge in [-0.1, -0.05) is 12.1 Å². The summed E-state index contributed by atoms with van der Waals surface area (Å²) in [5.41, 5.74) is 0.432. The average molecular weight is 496 g/mol. The minimum absolute atomic E-state index is 0.00769. The topological polar surface area (TPSA) is 89.8 Å². The zero-order valence-electron chi connectivity index (χ0n) is 20.1. The minimum atomic E-state index is -1.01. The van der Waals surface area contributed by atoms with Gasteiger partial charge in [0, 0.05) is 19.6 Å². The van der Waals surface area contributed by atoms with Crippen molar-refractivity contribution in [1.29, 1.82) is 0 Å². The van der Waals surface area contributed by atoms with Crippen molar-refractivity contribution in [2.24, 2.45) is 0 Å². The first-order chi connectivity index (χ1) is 17.5.